The molecule has 14 heavy (non-hydrogen) atoms. The van der Waals surface area contributed by atoms with E-state index in [1.807, 2.05) is 13.0 Å². The standard InChI is InChI=1S/C9H10BrNO2S/c1-5-6(10)2-8(14-5)7-3-13-4-9(12)11-7/h2,7H,3-4H2,1H3,(H,11,12). The van der Waals surface area contributed by atoms with Crippen LogP contribution >= 0.6 is 27.3 Å². The SMILES string of the molecule is Cc1sc(C2COCC(=O)N2)cc1Br. The molecule has 76 valence electrons. The van der Waals surface area contributed by atoms with Crippen molar-refractivity contribution in [3.8, 4) is 0 Å². The smallest absolute Gasteiger partial charge is 0.246 e. The van der Waals surface area contributed by atoms with Gasteiger partial charge in [0.25, 0.3) is 0 Å². The third-order valence-corrected chi connectivity index (χ3v) is 4.32. The Morgan fingerprint density at radius 3 is 3.07 bits per heavy atom. The summed E-state index contributed by atoms with van der Waals surface area (Å²) >= 11 is 5.14. The highest BCUT2D eigenvalue weighted by Gasteiger charge is 2.22. The molecule has 1 atom stereocenters. The molecule has 1 N–H and O–H groups in total. The zero-order chi connectivity index (χ0) is 10.1. The molecule has 1 aliphatic rings. The van der Waals surface area contributed by atoms with E-state index in [-0.39, 0.29) is 18.6 Å². The van der Waals surface area contributed by atoms with Gasteiger partial charge in [0.15, 0.2) is 0 Å². The summed E-state index contributed by atoms with van der Waals surface area (Å²) in [5, 5.41) is 2.90. The third kappa shape index (κ3) is 1.99. The van der Waals surface area contributed by atoms with Crippen molar-refractivity contribution in [1.29, 1.82) is 0 Å². The van der Waals surface area contributed by atoms with Crippen molar-refractivity contribution in [3.05, 3.63) is 20.3 Å². The maximum Gasteiger partial charge on any atom is 0.246 e. The van der Waals surface area contributed by atoms with Gasteiger partial charge in [-0.05, 0) is 28.9 Å². The summed E-state index contributed by atoms with van der Waals surface area (Å²) in [4.78, 5) is 13.5. The number of halogens is 1. The highest BCUT2D eigenvalue weighted by atomic mass is 79.9. The Labute approximate surface area is 94.6 Å². The summed E-state index contributed by atoms with van der Waals surface area (Å²) in [5.41, 5.74) is 0. The summed E-state index contributed by atoms with van der Waals surface area (Å²) in [6.07, 6.45) is 0. The fraction of sp³-hybridized carbons (Fsp3) is 0.444. The van der Waals surface area contributed by atoms with Gasteiger partial charge in [0.2, 0.25) is 5.91 Å². The first-order valence-electron chi connectivity index (χ1n) is 4.30. The quantitative estimate of drug-likeness (QED) is 0.852. The second-order valence-corrected chi connectivity index (χ2v) is 5.33. The molecule has 2 rings (SSSR count). The number of hydrogen-bond acceptors (Lipinski definition) is 3. The van der Waals surface area contributed by atoms with Crippen LogP contribution < -0.4 is 5.32 Å². The zero-order valence-corrected chi connectivity index (χ0v) is 10.1. The molecule has 0 aromatic carbocycles. The van der Waals surface area contributed by atoms with Crippen LogP contribution in [-0.2, 0) is 9.53 Å². The van der Waals surface area contributed by atoms with Gasteiger partial charge in [0.1, 0.15) is 6.61 Å². The van der Waals surface area contributed by atoms with Crippen LogP contribution in [0.3, 0.4) is 0 Å². The predicted octanol–water partition coefficient (Wildman–Crippen LogP) is 2.01. The van der Waals surface area contributed by atoms with Gasteiger partial charge in [-0.3, -0.25) is 4.79 Å². The Bertz CT molecular complexity index is 344. The average molecular weight is 276 g/mol. The topological polar surface area (TPSA) is 38.3 Å². The third-order valence-electron chi connectivity index (χ3n) is 2.07. The van der Waals surface area contributed by atoms with Crippen molar-refractivity contribution in [3.63, 3.8) is 0 Å². The van der Waals surface area contributed by atoms with E-state index in [1.54, 1.807) is 11.3 Å². The minimum atomic E-state index is -0.0385. The molecule has 1 amide bonds. The normalized spacial score (nSPS) is 22.1. The molecule has 1 saturated heterocycles. The molecule has 0 bridgehead atoms. The molecule has 1 fully saturated rings. The van der Waals surface area contributed by atoms with Gasteiger partial charge in [0, 0.05) is 14.2 Å². The summed E-state index contributed by atoms with van der Waals surface area (Å²) < 4.78 is 6.27. The Morgan fingerprint density at radius 1 is 1.71 bits per heavy atom. The van der Waals surface area contributed by atoms with Crippen LogP contribution in [0.25, 0.3) is 0 Å². The Kier molecular flexibility index (Phi) is 2.90. The molecule has 1 aromatic rings. The van der Waals surface area contributed by atoms with E-state index in [4.69, 9.17) is 4.74 Å². The van der Waals surface area contributed by atoms with Gasteiger partial charge in [-0.1, -0.05) is 0 Å². The van der Waals surface area contributed by atoms with Crippen LogP contribution in [0.4, 0.5) is 0 Å². The van der Waals surface area contributed by atoms with E-state index in [0.29, 0.717) is 6.61 Å². The predicted molar refractivity (Wildman–Crippen MR) is 58.5 cm³/mol. The first kappa shape index (κ1) is 10.1. The summed E-state index contributed by atoms with van der Waals surface area (Å²) in [5.74, 6) is -0.0385. The van der Waals surface area contributed by atoms with Gasteiger partial charge in [-0.25, -0.2) is 0 Å². The van der Waals surface area contributed by atoms with Crippen LogP contribution in [0.1, 0.15) is 15.8 Å². The molecule has 0 aliphatic carbocycles. The minimum absolute atomic E-state index is 0.0197. The van der Waals surface area contributed by atoms with E-state index in [2.05, 4.69) is 21.2 Å². The molecular weight excluding hydrogens is 266 g/mol. The lowest BCUT2D eigenvalue weighted by Crippen LogP contribution is -2.39. The lowest BCUT2D eigenvalue weighted by atomic mass is 10.2. The zero-order valence-electron chi connectivity index (χ0n) is 7.67. The van der Waals surface area contributed by atoms with Crippen molar-refractivity contribution >= 4 is 33.2 Å². The van der Waals surface area contributed by atoms with E-state index >= 15 is 0 Å². The number of rotatable bonds is 1. The summed E-state index contributed by atoms with van der Waals surface area (Å²) in [6, 6.07) is 2.06. The largest absolute Gasteiger partial charge is 0.369 e. The lowest BCUT2D eigenvalue weighted by molar-refractivity contribution is -0.131. The number of amides is 1. The monoisotopic (exact) mass is 275 g/mol. The number of nitrogens with one attached hydrogen (secondary N) is 1. The second-order valence-electron chi connectivity index (χ2n) is 3.19. The Hall–Kier alpha value is -0.390. The summed E-state index contributed by atoms with van der Waals surface area (Å²) in [7, 11) is 0. The number of aryl methyl sites for hydroxylation is 1. The number of ether oxygens (including phenoxy) is 1. The van der Waals surface area contributed by atoms with E-state index in [9.17, 15) is 4.79 Å². The van der Waals surface area contributed by atoms with E-state index in [0.717, 1.165) is 9.35 Å². The molecule has 1 aromatic heterocycles. The van der Waals surface area contributed by atoms with Crippen molar-refractivity contribution in [2.45, 2.75) is 13.0 Å². The van der Waals surface area contributed by atoms with Crippen molar-refractivity contribution in [1.82, 2.24) is 5.32 Å². The average Bonchev–Trinajstić information content (AvgIpc) is 2.47. The van der Waals surface area contributed by atoms with E-state index < -0.39 is 0 Å². The van der Waals surface area contributed by atoms with Gasteiger partial charge in [0.05, 0.1) is 12.6 Å². The van der Waals surface area contributed by atoms with Crippen LogP contribution in [-0.4, -0.2) is 19.1 Å². The molecule has 0 saturated carbocycles. The van der Waals surface area contributed by atoms with Crippen LogP contribution in [0.15, 0.2) is 10.5 Å². The fourth-order valence-electron chi connectivity index (χ4n) is 1.35. The van der Waals surface area contributed by atoms with Crippen molar-refractivity contribution < 1.29 is 9.53 Å². The molecule has 0 radical (unpaired) electrons. The highest BCUT2D eigenvalue weighted by Crippen LogP contribution is 2.31. The van der Waals surface area contributed by atoms with Gasteiger partial charge < -0.3 is 10.1 Å². The Morgan fingerprint density at radius 2 is 2.50 bits per heavy atom. The van der Waals surface area contributed by atoms with Crippen LogP contribution in [0.2, 0.25) is 0 Å². The first-order chi connectivity index (χ1) is 6.66. The summed E-state index contributed by atoms with van der Waals surface area (Å²) in [6.45, 7) is 2.80. The van der Waals surface area contributed by atoms with Gasteiger partial charge >= 0.3 is 0 Å². The highest BCUT2D eigenvalue weighted by molar-refractivity contribution is 9.10. The molecule has 5 heteroatoms. The molecule has 3 nitrogen and oxygen atoms in total. The van der Waals surface area contributed by atoms with Crippen LogP contribution in [0.5, 0.6) is 0 Å². The van der Waals surface area contributed by atoms with Gasteiger partial charge in [-0.2, -0.15) is 0 Å². The Balaban J connectivity index is 2.17. The fourth-order valence-corrected chi connectivity index (χ4v) is 2.95. The molecular formula is C9H10BrNO2S. The van der Waals surface area contributed by atoms with Crippen LogP contribution in [0, 0.1) is 6.92 Å². The number of carbonyl (C=O) groups is 1. The maximum absolute atomic E-state index is 11.1. The molecule has 2 heterocycles. The molecule has 1 aliphatic heterocycles. The minimum Gasteiger partial charge on any atom is -0.369 e. The number of hydrogen-bond donors (Lipinski definition) is 1. The molecule has 1 unspecified atom stereocenters. The molecule has 0 spiro atoms. The lowest BCUT2D eigenvalue weighted by Gasteiger charge is -2.22. The second kappa shape index (κ2) is 4.00. The van der Waals surface area contributed by atoms with E-state index in [1.165, 1.54) is 4.88 Å². The number of thiophene rings is 1. The van der Waals surface area contributed by atoms with Gasteiger partial charge in [-0.15, -0.1) is 11.3 Å². The van der Waals surface area contributed by atoms with Crippen molar-refractivity contribution in [2.24, 2.45) is 0 Å². The number of carbonyl (C=O) groups excluding carboxylic acids is 1. The first-order valence-corrected chi connectivity index (χ1v) is 5.90. The number of morpholine rings is 1. The van der Waals surface area contributed by atoms with Crippen molar-refractivity contribution in [2.75, 3.05) is 13.2 Å². The maximum atomic E-state index is 11.1.